The van der Waals surface area contributed by atoms with Gasteiger partial charge in [0.25, 0.3) is 15.9 Å². The highest BCUT2D eigenvalue weighted by molar-refractivity contribution is 7.90. The summed E-state index contributed by atoms with van der Waals surface area (Å²) in [5.41, 5.74) is 2.38. The van der Waals surface area contributed by atoms with Crippen LogP contribution in [0.4, 0.5) is 0 Å². The lowest BCUT2D eigenvalue weighted by atomic mass is 9.96. The van der Waals surface area contributed by atoms with E-state index in [1.54, 1.807) is 24.5 Å². The maximum atomic E-state index is 13.7. The van der Waals surface area contributed by atoms with Crippen LogP contribution in [0.15, 0.2) is 59.9 Å². The number of aromatic nitrogens is 4. The molecule has 0 fully saturated rings. The van der Waals surface area contributed by atoms with Crippen molar-refractivity contribution in [3.8, 4) is 0 Å². The van der Waals surface area contributed by atoms with Crippen molar-refractivity contribution >= 4 is 43.4 Å². The normalized spacial score (nSPS) is 15.7. The zero-order valence-corrected chi connectivity index (χ0v) is 20.5. The Balaban J connectivity index is 1.62. The van der Waals surface area contributed by atoms with E-state index in [1.165, 1.54) is 20.9 Å². The fourth-order valence-corrected chi connectivity index (χ4v) is 5.61. The molecular weight excluding hydrogens is 450 g/mol. The second kappa shape index (κ2) is 7.89. The summed E-state index contributed by atoms with van der Waals surface area (Å²) >= 11 is 0. The van der Waals surface area contributed by atoms with E-state index in [0.29, 0.717) is 16.6 Å². The highest BCUT2D eigenvalue weighted by Gasteiger charge is 2.27. The lowest BCUT2D eigenvalue weighted by Gasteiger charge is -2.21. The van der Waals surface area contributed by atoms with E-state index in [9.17, 15) is 13.2 Å². The summed E-state index contributed by atoms with van der Waals surface area (Å²) < 4.78 is 30.1. The van der Waals surface area contributed by atoms with E-state index in [-0.39, 0.29) is 10.8 Å². The van der Waals surface area contributed by atoms with Crippen molar-refractivity contribution in [2.45, 2.75) is 32.1 Å². The van der Waals surface area contributed by atoms with Crippen LogP contribution in [-0.4, -0.2) is 58.1 Å². The molecule has 0 saturated carbocycles. The first-order valence-electron chi connectivity index (χ1n) is 11.2. The van der Waals surface area contributed by atoms with Gasteiger partial charge in [-0.05, 0) is 49.4 Å². The number of carbonyl (C=O) groups is 1. The molecule has 0 amide bonds. The number of likely N-dealkylation sites (N-methyl/N-ethyl adjacent to an activating group) is 1. The Morgan fingerprint density at radius 3 is 2.65 bits per heavy atom. The van der Waals surface area contributed by atoms with Crippen molar-refractivity contribution < 1.29 is 13.2 Å². The summed E-state index contributed by atoms with van der Waals surface area (Å²) in [6.45, 7) is 7.21. The maximum Gasteiger partial charge on any atom is 0.269 e. The van der Waals surface area contributed by atoms with Gasteiger partial charge in [-0.3, -0.25) is 4.79 Å². The first-order chi connectivity index (χ1) is 16.1. The Kier molecular flexibility index (Phi) is 5.22. The molecule has 0 spiro atoms. The Bertz CT molecular complexity index is 1570. The number of rotatable bonds is 3. The van der Waals surface area contributed by atoms with Gasteiger partial charge < -0.3 is 4.90 Å². The molecule has 1 aliphatic rings. The number of nitrogens with zero attached hydrogens (tertiary/aromatic N) is 5. The van der Waals surface area contributed by atoms with Crippen molar-refractivity contribution in [1.29, 1.82) is 0 Å². The summed E-state index contributed by atoms with van der Waals surface area (Å²) in [5, 5.41) is 5.62. The average Bonchev–Trinajstić information content (AvgIpc) is 3.40. The van der Waals surface area contributed by atoms with Crippen molar-refractivity contribution in [2.24, 2.45) is 5.41 Å². The van der Waals surface area contributed by atoms with Crippen LogP contribution >= 0.6 is 0 Å². The molecule has 0 bridgehead atoms. The smallest absolute Gasteiger partial charge is 0.269 e. The monoisotopic (exact) mass is 477 g/mol. The third-order valence-electron chi connectivity index (χ3n) is 6.22. The number of fused-ring (bicyclic) bond motifs is 2. The molecule has 9 heteroatoms. The van der Waals surface area contributed by atoms with Gasteiger partial charge in [-0.15, -0.1) is 0 Å². The van der Waals surface area contributed by atoms with Crippen molar-refractivity contribution in [1.82, 2.24) is 23.6 Å². The molecule has 0 unspecified atom stereocenters. The first-order valence-corrected chi connectivity index (χ1v) is 12.6. The van der Waals surface area contributed by atoms with Crippen LogP contribution < -0.4 is 0 Å². The molecule has 8 nitrogen and oxygen atoms in total. The van der Waals surface area contributed by atoms with Crippen LogP contribution in [0.2, 0.25) is 0 Å². The molecule has 3 aromatic heterocycles. The zero-order chi connectivity index (χ0) is 24.3. The van der Waals surface area contributed by atoms with E-state index < -0.39 is 15.4 Å². The molecule has 0 saturated heterocycles. The van der Waals surface area contributed by atoms with Crippen molar-refractivity contribution in [3.05, 3.63) is 60.6 Å². The highest BCUT2D eigenvalue weighted by atomic mass is 32.2. The van der Waals surface area contributed by atoms with Crippen molar-refractivity contribution in [3.63, 3.8) is 0 Å². The largest absolute Gasteiger partial charge is 0.302 e. The SMILES string of the molecule is CN1CC=C(c2cn(S(=O)(=O)c3ccc4c(cnn4C(=O)C(C)(C)C)c3)c3ncccc23)CC1. The topological polar surface area (TPSA) is 90.1 Å². The second-order valence-corrected chi connectivity index (χ2v) is 11.6. The van der Waals surface area contributed by atoms with E-state index in [0.717, 1.165) is 36.0 Å². The Morgan fingerprint density at radius 1 is 1.15 bits per heavy atom. The molecule has 176 valence electrons. The van der Waals surface area contributed by atoms with Gasteiger partial charge in [0, 0.05) is 47.2 Å². The number of hydrogen-bond acceptors (Lipinski definition) is 6. The first kappa shape index (κ1) is 22.5. The predicted molar refractivity (Wildman–Crippen MR) is 132 cm³/mol. The molecule has 1 aromatic carbocycles. The van der Waals surface area contributed by atoms with E-state index in [1.807, 2.05) is 32.9 Å². The molecular formula is C25H27N5O3S. The van der Waals surface area contributed by atoms with Gasteiger partial charge in [-0.25, -0.2) is 17.4 Å². The molecule has 0 radical (unpaired) electrons. The minimum atomic E-state index is -3.93. The van der Waals surface area contributed by atoms with E-state index in [4.69, 9.17) is 0 Å². The van der Waals surface area contributed by atoms with Crippen LogP contribution in [0.1, 0.15) is 37.6 Å². The van der Waals surface area contributed by atoms with Crippen molar-refractivity contribution in [2.75, 3.05) is 20.1 Å². The van der Waals surface area contributed by atoms with Gasteiger partial charge in [-0.2, -0.15) is 9.78 Å². The fraction of sp³-hybridized carbons (Fsp3) is 0.320. The third-order valence-corrected chi connectivity index (χ3v) is 7.87. The van der Waals surface area contributed by atoms with Crippen LogP contribution in [0.25, 0.3) is 27.5 Å². The van der Waals surface area contributed by atoms with Crippen LogP contribution in [0, 0.1) is 5.41 Å². The van der Waals surface area contributed by atoms with Gasteiger partial charge in [0.15, 0.2) is 5.65 Å². The summed E-state index contributed by atoms with van der Waals surface area (Å²) in [5.74, 6) is -0.158. The lowest BCUT2D eigenvalue weighted by molar-refractivity contribution is 0.0755. The molecule has 34 heavy (non-hydrogen) atoms. The predicted octanol–water partition coefficient (Wildman–Crippen LogP) is 4.03. The van der Waals surface area contributed by atoms with Crippen LogP contribution in [0.5, 0.6) is 0 Å². The molecule has 5 rings (SSSR count). The lowest BCUT2D eigenvalue weighted by Crippen LogP contribution is -2.27. The summed E-state index contributed by atoms with van der Waals surface area (Å²) in [6, 6.07) is 8.46. The second-order valence-electron chi connectivity index (χ2n) is 9.79. The minimum absolute atomic E-state index is 0.120. The summed E-state index contributed by atoms with van der Waals surface area (Å²) in [6.07, 6.45) is 7.80. The van der Waals surface area contributed by atoms with Crippen LogP contribution in [-0.2, 0) is 10.0 Å². The molecule has 0 N–H and O–H groups in total. The number of pyridine rings is 1. The van der Waals surface area contributed by atoms with E-state index in [2.05, 4.69) is 28.1 Å². The third kappa shape index (κ3) is 3.65. The highest BCUT2D eigenvalue weighted by Crippen LogP contribution is 2.32. The van der Waals surface area contributed by atoms with Gasteiger partial charge in [0.1, 0.15) is 0 Å². The molecule has 0 atom stereocenters. The maximum absolute atomic E-state index is 13.7. The van der Waals surface area contributed by atoms with E-state index >= 15 is 0 Å². The Labute approximate surface area is 198 Å². The number of benzene rings is 1. The zero-order valence-electron chi connectivity index (χ0n) is 19.7. The van der Waals surface area contributed by atoms with Gasteiger partial charge >= 0.3 is 0 Å². The summed E-state index contributed by atoms with van der Waals surface area (Å²) in [7, 11) is -1.87. The van der Waals surface area contributed by atoms with Gasteiger partial charge in [0.2, 0.25) is 0 Å². The number of carbonyl (C=O) groups excluding carboxylic acids is 1. The Morgan fingerprint density at radius 2 is 1.94 bits per heavy atom. The quantitative estimate of drug-likeness (QED) is 0.443. The van der Waals surface area contributed by atoms with Gasteiger partial charge in [0.05, 0.1) is 16.6 Å². The summed E-state index contributed by atoms with van der Waals surface area (Å²) in [4.78, 5) is 19.5. The fourth-order valence-electron chi connectivity index (χ4n) is 4.25. The minimum Gasteiger partial charge on any atom is -0.302 e. The standard InChI is InChI=1S/C25H27N5O3S/c1-25(2,3)24(31)30-22-8-7-19(14-18(22)15-27-30)34(32,33)29-16-21(17-9-12-28(4)13-10-17)20-6-5-11-26-23(20)29/h5-9,11,14-16H,10,12-13H2,1-4H3. The molecule has 4 heterocycles. The molecule has 0 aliphatic carbocycles. The molecule has 1 aliphatic heterocycles. The van der Waals surface area contributed by atoms with Crippen LogP contribution in [0.3, 0.4) is 0 Å². The average molecular weight is 478 g/mol. The number of hydrogen-bond donors (Lipinski definition) is 0. The van der Waals surface area contributed by atoms with Gasteiger partial charge in [-0.1, -0.05) is 26.8 Å². The Hall–Kier alpha value is -3.30. The molecule has 4 aromatic rings.